The van der Waals surface area contributed by atoms with E-state index in [1.54, 1.807) is 12.8 Å². The Morgan fingerprint density at radius 3 is 1.30 bits per heavy atom. The largest absolute Gasteiger partial charge is 0.404 e. The van der Waals surface area contributed by atoms with Gasteiger partial charge in [0, 0.05) is 70.8 Å². The van der Waals surface area contributed by atoms with Gasteiger partial charge in [-0.25, -0.2) is 0 Å². The Morgan fingerprint density at radius 1 is 0.478 bits per heavy atom. The van der Waals surface area contributed by atoms with Gasteiger partial charge in [-0.1, -0.05) is 24.3 Å². The second-order valence-corrected chi connectivity index (χ2v) is 11.9. The first kappa shape index (κ1) is 27.7. The van der Waals surface area contributed by atoms with Crippen molar-refractivity contribution < 1.29 is 27.1 Å². The highest BCUT2D eigenvalue weighted by Crippen LogP contribution is 2.25. The van der Waals surface area contributed by atoms with Gasteiger partial charge in [0.1, 0.15) is 0 Å². The van der Waals surface area contributed by atoms with Crippen LogP contribution in [-0.2, 0) is 13.1 Å². The van der Waals surface area contributed by atoms with Crippen molar-refractivity contribution >= 4 is 22.2 Å². The third-order valence-electron chi connectivity index (χ3n) is 8.75. The first-order chi connectivity index (χ1) is 22.6. The average Bonchev–Trinajstić information content (AvgIpc) is 3.70. The minimum atomic E-state index is 0.763. The Morgan fingerprint density at radius 2 is 0.891 bits per heavy atom. The van der Waals surface area contributed by atoms with Gasteiger partial charge in [0.05, 0.1) is 0 Å². The average molecular weight is 603 g/mol. The molecule has 0 aliphatic rings. The van der Waals surface area contributed by atoms with E-state index in [-0.39, 0.29) is 0 Å². The van der Waals surface area contributed by atoms with Crippen LogP contribution in [0.15, 0.2) is 156 Å². The van der Waals surface area contributed by atoms with Crippen LogP contribution in [0.2, 0.25) is 0 Å². The molecular weight excluding hydrogens is 568 g/mol. The Bertz CT molecular complexity index is 2170. The van der Waals surface area contributed by atoms with Crippen LogP contribution in [0.25, 0.3) is 44.7 Å². The number of rotatable bonds is 7. The van der Waals surface area contributed by atoms with Crippen molar-refractivity contribution in [2.45, 2.75) is 26.9 Å². The van der Waals surface area contributed by atoms with Gasteiger partial charge in [0.15, 0.2) is 37.9 Å². The lowest BCUT2D eigenvalue weighted by Crippen LogP contribution is -2.33. The summed E-state index contributed by atoms with van der Waals surface area (Å²) in [6.07, 6.45) is 12.3. The highest BCUT2D eigenvalue weighted by Gasteiger charge is 2.18. The lowest BCUT2D eigenvalue weighted by atomic mass is 9.99. The van der Waals surface area contributed by atoms with Crippen molar-refractivity contribution in [1.82, 2.24) is 0 Å². The van der Waals surface area contributed by atoms with E-state index in [1.165, 1.54) is 33.4 Å². The molecule has 0 atom stereocenters. The van der Waals surface area contributed by atoms with E-state index >= 15 is 0 Å². The first-order valence-electron chi connectivity index (χ1n) is 15.5. The van der Waals surface area contributed by atoms with Gasteiger partial charge in [-0.3, -0.25) is 0 Å². The van der Waals surface area contributed by atoms with E-state index in [0.717, 1.165) is 46.7 Å². The molecule has 0 unspecified atom stereocenters. The molecular formula is C40H34N4O2+4. The van der Waals surface area contributed by atoms with Gasteiger partial charge in [-0.05, 0) is 61.4 Å². The zero-order valence-corrected chi connectivity index (χ0v) is 25.9. The van der Waals surface area contributed by atoms with E-state index < -0.39 is 0 Å². The summed E-state index contributed by atoms with van der Waals surface area (Å²) < 4.78 is 20.1. The SMILES string of the molecule is Cc1c[n+](-c2ccc(C[n+]3coc4ccccc43)cc2)ccc1-c1cc[n+](-c2ccc(C[n+]3coc4ccccc43)cc2)cc1C. The highest BCUT2D eigenvalue weighted by atomic mass is 16.3. The van der Waals surface area contributed by atoms with Crippen LogP contribution in [0.5, 0.6) is 0 Å². The maximum atomic E-state index is 5.70. The van der Waals surface area contributed by atoms with Crippen molar-refractivity contribution in [3.05, 3.63) is 169 Å². The summed E-state index contributed by atoms with van der Waals surface area (Å²) >= 11 is 0. The number of para-hydroxylation sites is 4. The molecule has 4 aromatic carbocycles. The predicted molar refractivity (Wildman–Crippen MR) is 175 cm³/mol. The second-order valence-electron chi connectivity index (χ2n) is 11.9. The van der Waals surface area contributed by atoms with Gasteiger partial charge in [-0.2, -0.15) is 18.3 Å². The highest BCUT2D eigenvalue weighted by molar-refractivity contribution is 5.69. The molecule has 0 saturated heterocycles. The monoisotopic (exact) mass is 602 g/mol. The molecule has 0 fully saturated rings. The standard InChI is InChI=1S/C40H34N4O2/c1-29-23-41(33-15-11-31(12-16-33)25-43-27-45-39-9-5-3-7-37(39)43)21-19-35(29)36-20-22-42(24-30(36)2)34-17-13-32(14-18-34)26-44-28-46-40-10-6-4-8-38(40)44/h3-24,27-28H,25-26H2,1-2H3/q+4. The fourth-order valence-electron chi connectivity index (χ4n) is 6.27. The molecule has 0 saturated carbocycles. The quantitative estimate of drug-likeness (QED) is 0.191. The number of benzene rings is 4. The zero-order chi connectivity index (χ0) is 31.0. The van der Waals surface area contributed by atoms with Crippen molar-refractivity contribution in [2.75, 3.05) is 0 Å². The number of oxazole rings is 2. The number of pyridine rings is 2. The maximum Gasteiger partial charge on any atom is 0.335 e. The van der Waals surface area contributed by atoms with Gasteiger partial charge >= 0.3 is 12.8 Å². The number of hydrogen-bond donors (Lipinski definition) is 0. The van der Waals surface area contributed by atoms with Crippen LogP contribution in [-0.4, -0.2) is 0 Å². The van der Waals surface area contributed by atoms with Crippen LogP contribution < -0.4 is 18.3 Å². The summed E-state index contributed by atoms with van der Waals surface area (Å²) in [4.78, 5) is 0. The molecule has 4 heterocycles. The zero-order valence-electron chi connectivity index (χ0n) is 25.9. The fraction of sp³-hybridized carbons (Fsp3) is 0.100. The molecule has 0 aliphatic heterocycles. The molecule has 8 rings (SSSR count). The summed E-state index contributed by atoms with van der Waals surface area (Å²) in [5.41, 5.74) is 13.6. The molecule has 222 valence electrons. The smallest absolute Gasteiger partial charge is 0.335 e. The number of aryl methyl sites for hydroxylation is 2. The summed E-state index contributed by atoms with van der Waals surface area (Å²) in [6.45, 7) is 5.89. The van der Waals surface area contributed by atoms with Crippen molar-refractivity contribution in [1.29, 1.82) is 0 Å². The van der Waals surface area contributed by atoms with Gasteiger partial charge in [-0.15, -0.1) is 0 Å². The number of hydrogen-bond acceptors (Lipinski definition) is 2. The summed E-state index contributed by atoms with van der Waals surface area (Å²) in [7, 11) is 0. The van der Waals surface area contributed by atoms with E-state index in [0.29, 0.717) is 0 Å². The van der Waals surface area contributed by atoms with E-state index in [4.69, 9.17) is 8.83 Å². The minimum absolute atomic E-state index is 0.763. The van der Waals surface area contributed by atoms with Crippen LogP contribution >= 0.6 is 0 Å². The Labute approximate surface area is 267 Å². The van der Waals surface area contributed by atoms with Crippen LogP contribution in [0.3, 0.4) is 0 Å². The molecule has 46 heavy (non-hydrogen) atoms. The van der Waals surface area contributed by atoms with Crippen LogP contribution in [0, 0.1) is 13.8 Å². The summed E-state index contributed by atoms with van der Waals surface area (Å²) in [5.74, 6) is 0. The van der Waals surface area contributed by atoms with Crippen LogP contribution in [0.4, 0.5) is 0 Å². The molecule has 0 bridgehead atoms. The van der Waals surface area contributed by atoms with Crippen molar-refractivity contribution in [2.24, 2.45) is 0 Å². The minimum Gasteiger partial charge on any atom is -0.404 e. The molecule has 0 amide bonds. The van der Waals surface area contributed by atoms with Crippen molar-refractivity contribution in [3.63, 3.8) is 0 Å². The Balaban J connectivity index is 0.976. The summed E-state index contributed by atoms with van der Waals surface area (Å²) in [6, 6.07) is 38.1. The molecule has 8 aromatic rings. The first-order valence-corrected chi connectivity index (χ1v) is 15.5. The number of nitrogens with zero attached hydrogens (tertiary/aromatic N) is 4. The fourth-order valence-corrected chi connectivity index (χ4v) is 6.27. The molecule has 4 aromatic heterocycles. The lowest BCUT2D eigenvalue weighted by molar-refractivity contribution is -0.667. The summed E-state index contributed by atoms with van der Waals surface area (Å²) in [5, 5.41) is 0. The second kappa shape index (κ2) is 11.6. The van der Waals surface area contributed by atoms with Gasteiger partial charge in [0.25, 0.3) is 11.0 Å². The Hall–Kier alpha value is -5.88. The van der Waals surface area contributed by atoms with Gasteiger partial charge in [0.2, 0.25) is 22.5 Å². The third kappa shape index (κ3) is 5.24. The topological polar surface area (TPSA) is 41.8 Å². The molecule has 6 heteroatoms. The van der Waals surface area contributed by atoms with E-state index in [2.05, 4.69) is 130 Å². The normalized spacial score (nSPS) is 11.4. The third-order valence-corrected chi connectivity index (χ3v) is 8.75. The predicted octanol–water partition coefficient (Wildman–Crippen LogP) is 6.69. The molecule has 0 aliphatic carbocycles. The molecule has 0 spiro atoms. The lowest BCUT2D eigenvalue weighted by Gasteiger charge is -2.08. The van der Waals surface area contributed by atoms with Gasteiger partial charge < -0.3 is 8.83 Å². The van der Waals surface area contributed by atoms with E-state index in [1.807, 2.05) is 36.4 Å². The van der Waals surface area contributed by atoms with Crippen LogP contribution in [0.1, 0.15) is 22.3 Å². The number of aromatic nitrogens is 4. The molecule has 6 nitrogen and oxygen atoms in total. The Kier molecular flexibility index (Phi) is 6.95. The number of fused-ring (bicyclic) bond motifs is 2. The van der Waals surface area contributed by atoms with E-state index in [9.17, 15) is 0 Å². The molecule has 0 N–H and O–H groups in total. The molecule has 0 radical (unpaired) electrons. The van der Waals surface area contributed by atoms with Crippen molar-refractivity contribution in [3.8, 4) is 22.5 Å². The maximum absolute atomic E-state index is 5.70.